The van der Waals surface area contributed by atoms with Crippen LogP contribution in [0, 0.1) is 20.8 Å². The fraction of sp³-hybridized carbons (Fsp3) is 0.250. The SMILES string of the molecule is CCN(CC)CCNC(=O)c1c(C)[nH]c(/C=C2\C(=O)Nc3c(Nc4cc(NC(=O)c5ccccc5)ccc4C)cccc32)c1C. The summed E-state index contributed by atoms with van der Waals surface area (Å²) in [4.78, 5) is 44.6. The molecule has 0 bridgehead atoms. The quantitative estimate of drug-likeness (QED) is 0.125. The molecular formula is C36H40N6O3. The number of carbonyl (C=O) groups is 3. The number of likely N-dealkylation sites (N-methyl/N-ethyl adjacent to an activating group) is 1. The van der Waals surface area contributed by atoms with Gasteiger partial charge in [0.25, 0.3) is 17.7 Å². The van der Waals surface area contributed by atoms with Gasteiger partial charge in [-0.15, -0.1) is 0 Å². The van der Waals surface area contributed by atoms with E-state index < -0.39 is 0 Å². The average Bonchev–Trinajstić information content (AvgIpc) is 3.51. The summed E-state index contributed by atoms with van der Waals surface area (Å²) in [6, 6.07) is 20.4. The predicted molar refractivity (Wildman–Crippen MR) is 182 cm³/mol. The summed E-state index contributed by atoms with van der Waals surface area (Å²) < 4.78 is 0. The molecule has 1 aliphatic rings. The van der Waals surface area contributed by atoms with E-state index in [-0.39, 0.29) is 17.7 Å². The number of aromatic nitrogens is 1. The van der Waals surface area contributed by atoms with Gasteiger partial charge in [0.15, 0.2) is 0 Å². The molecule has 9 nitrogen and oxygen atoms in total. The standard InChI is InChI=1S/C36H40N6O3/c1-6-42(7-2)19-18-37-36(45)32-23(4)31(38-24(32)5)21-28-27-14-11-15-29(33(27)41-35(28)44)40-30-20-26(17-16-22(30)3)39-34(43)25-12-9-8-10-13-25/h8-17,20-21,38,40H,6-7,18-19H2,1-5H3,(H,37,45)(H,39,43)(H,41,44)/b28-21-. The summed E-state index contributed by atoms with van der Waals surface area (Å²) in [5.41, 5.74) is 8.53. The van der Waals surface area contributed by atoms with Crippen LogP contribution in [0.5, 0.6) is 0 Å². The highest BCUT2D eigenvalue weighted by atomic mass is 16.2. The molecule has 0 saturated heterocycles. The number of hydrogen-bond donors (Lipinski definition) is 5. The highest BCUT2D eigenvalue weighted by Crippen LogP contribution is 2.40. The number of aryl methyl sites for hydroxylation is 2. The number of carbonyl (C=O) groups excluding carboxylic acids is 3. The second-order valence-electron chi connectivity index (χ2n) is 11.2. The van der Waals surface area contributed by atoms with Crippen molar-refractivity contribution >= 4 is 52.1 Å². The largest absolute Gasteiger partial charge is 0.358 e. The molecule has 4 aromatic rings. The number of aromatic amines is 1. The van der Waals surface area contributed by atoms with Gasteiger partial charge in [0.05, 0.1) is 22.5 Å². The van der Waals surface area contributed by atoms with E-state index in [9.17, 15) is 14.4 Å². The van der Waals surface area contributed by atoms with Crippen molar-refractivity contribution in [2.75, 3.05) is 42.1 Å². The number of para-hydroxylation sites is 1. The molecule has 1 aliphatic heterocycles. The first kappa shape index (κ1) is 31.3. The maximum atomic E-state index is 13.3. The number of amides is 3. The highest BCUT2D eigenvalue weighted by molar-refractivity contribution is 6.36. The van der Waals surface area contributed by atoms with Crippen molar-refractivity contribution < 1.29 is 14.4 Å². The van der Waals surface area contributed by atoms with E-state index in [0.717, 1.165) is 59.1 Å². The van der Waals surface area contributed by atoms with Gasteiger partial charge in [-0.25, -0.2) is 0 Å². The molecule has 2 heterocycles. The molecule has 5 N–H and O–H groups in total. The van der Waals surface area contributed by atoms with Gasteiger partial charge in [0.2, 0.25) is 0 Å². The average molecular weight is 605 g/mol. The third kappa shape index (κ3) is 6.84. The minimum absolute atomic E-state index is 0.127. The summed E-state index contributed by atoms with van der Waals surface area (Å²) in [5.74, 6) is -0.543. The zero-order valence-electron chi connectivity index (χ0n) is 26.4. The summed E-state index contributed by atoms with van der Waals surface area (Å²) >= 11 is 0. The summed E-state index contributed by atoms with van der Waals surface area (Å²) in [6.07, 6.45) is 1.81. The first-order valence-electron chi connectivity index (χ1n) is 15.3. The van der Waals surface area contributed by atoms with Crippen LogP contribution in [0.4, 0.5) is 22.7 Å². The van der Waals surface area contributed by atoms with Gasteiger partial charge in [-0.2, -0.15) is 0 Å². The van der Waals surface area contributed by atoms with Crippen LogP contribution in [0.1, 0.15) is 62.6 Å². The molecule has 0 saturated carbocycles. The lowest BCUT2D eigenvalue weighted by Gasteiger charge is -2.18. The van der Waals surface area contributed by atoms with E-state index in [4.69, 9.17) is 0 Å². The smallest absolute Gasteiger partial charge is 0.256 e. The molecule has 45 heavy (non-hydrogen) atoms. The monoisotopic (exact) mass is 604 g/mol. The molecule has 5 rings (SSSR count). The van der Waals surface area contributed by atoms with Gasteiger partial charge in [-0.3, -0.25) is 14.4 Å². The number of benzene rings is 3. The molecule has 0 spiro atoms. The molecule has 0 aliphatic carbocycles. The van der Waals surface area contributed by atoms with Crippen LogP contribution in [0.2, 0.25) is 0 Å². The van der Waals surface area contributed by atoms with Crippen molar-refractivity contribution in [1.82, 2.24) is 15.2 Å². The minimum atomic E-state index is -0.225. The fourth-order valence-corrected chi connectivity index (χ4v) is 5.59. The van der Waals surface area contributed by atoms with Crippen LogP contribution in [-0.4, -0.2) is 53.8 Å². The molecule has 9 heteroatoms. The Morgan fingerprint density at radius 3 is 2.38 bits per heavy atom. The summed E-state index contributed by atoms with van der Waals surface area (Å²) in [6.45, 7) is 13.2. The zero-order valence-corrected chi connectivity index (χ0v) is 26.4. The first-order chi connectivity index (χ1) is 21.7. The van der Waals surface area contributed by atoms with Crippen molar-refractivity contribution in [2.24, 2.45) is 0 Å². The van der Waals surface area contributed by atoms with Gasteiger partial charge in [-0.1, -0.05) is 50.2 Å². The lowest BCUT2D eigenvalue weighted by Crippen LogP contribution is -2.35. The molecule has 0 radical (unpaired) electrons. The second-order valence-corrected chi connectivity index (χ2v) is 11.2. The Hall–Kier alpha value is -5.15. The van der Waals surface area contributed by atoms with E-state index in [1.807, 2.05) is 81.4 Å². The van der Waals surface area contributed by atoms with Gasteiger partial charge in [0, 0.05) is 47.0 Å². The zero-order chi connectivity index (χ0) is 32.1. The van der Waals surface area contributed by atoms with E-state index >= 15 is 0 Å². The van der Waals surface area contributed by atoms with Crippen molar-refractivity contribution in [3.63, 3.8) is 0 Å². The van der Waals surface area contributed by atoms with Crippen LogP contribution in [0.25, 0.3) is 11.6 Å². The van der Waals surface area contributed by atoms with Crippen molar-refractivity contribution in [3.05, 3.63) is 106 Å². The number of fused-ring (bicyclic) bond motifs is 1. The molecule has 232 valence electrons. The fourth-order valence-electron chi connectivity index (χ4n) is 5.59. The third-order valence-corrected chi connectivity index (χ3v) is 8.24. The Kier molecular flexibility index (Phi) is 9.49. The van der Waals surface area contributed by atoms with Crippen LogP contribution in [0.15, 0.2) is 66.7 Å². The van der Waals surface area contributed by atoms with E-state index in [2.05, 4.69) is 45.0 Å². The van der Waals surface area contributed by atoms with Crippen molar-refractivity contribution in [3.8, 4) is 0 Å². The second kappa shape index (κ2) is 13.7. The molecule has 3 aromatic carbocycles. The first-order valence-corrected chi connectivity index (χ1v) is 15.3. The number of nitrogens with one attached hydrogen (secondary N) is 5. The van der Waals surface area contributed by atoms with E-state index in [1.54, 1.807) is 12.1 Å². The predicted octanol–water partition coefficient (Wildman–Crippen LogP) is 6.50. The minimum Gasteiger partial charge on any atom is -0.358 e. The highest BCUT2D eigenvalue weighted by Gasteiger charge is 2.28. The van der Waals surface area contributed by atoms with Crippen molar-refractivity contribution in [2.45, 2.75) is 34.6 Å². The van der Waals surface area contributed by atoms with E-state index in [0.29, 0.717) is 34.6 Å². The van der Waals surface area contributed by atoms with Crippen LogP contribution < -0.4 is 21.3 Å². The molecule has 0 unspecified atom stereocenters. The normalized spacial score (nSPS) is 13.1. The number of rotatable bonds is 11. The van der Waals surface area contributed by atoms with Gasteiger partial charge >= 0.3 is 0 Å². The van der Waals surface area contributed by atoms with Gasteiger partial charge in [-0.05, 0) is 81.4 Å². The molecule has 0 fully saturated rings. The number of H-pyrrole nitrogens is 1. The number of hydrogen-bond acceptors (Lipinski definition) is 5. The Bertz CT molecular complexity index is 1770. The summed E-state index contributed by atoms with van der Waals surface area (Å²) in [5, 5.41) is 12.5. The molecule has 3 amide bonds. The summed E-state index contributed by atoms with van der Waals surface area (Å²) in [7, 11) is 0. The molecular weight excluding hydrogens is 564 g/mol. The van der Waals surface area contributed by atoms with E-state index in [1.165, 1.54) is 0 Å². The molecule has 1 aromatic heterocycles. The Balaban J connectivity index is 1.37. The van der Waals surface area contributed by atoms with Crippen molar-refractivity contribution in [1.29, 1.82) is 0 Å². The maximum absolute atomic E-state index is 13.3. The van der Waals surface area contributed by atoms with Crippen LogP contribution in [0.3, 0.4) is 0 Å². The van der Waals surface area contributed by atoms with Crippen LogP contribution >= 0.6 is 0 Å². The maximum Gasteiger partial charge on any atom is 0.256 e. The Labute approximate surface area is 264 Å². The Morgan fingerprint density at radius 2 is 1.64 bits per heavy atom. The lowest BCUT2D eigenvalue weighted by molar-refractivity contribution is -0.110. The van der Waals surface area contributed by atoms with Gasteiger partial charge in [0.1, 0.15) is 0 Å². The van der Waals surface area contributed by atoms with Crippen LogP contribution in [-0.2, 0) is 4.79 Å². The topological polar surface area (TPSA) is 118 Å². The Morgan fingerprint density at radius 1 is 0.889 bits per heavy atom. The third-order valence-electron chi connectivity index (χ3n) is 8.24. The van der Waals surface area contributed by atoms with Gasteiger partial charge < -0.3 is 31.2 Å². The lowest BCUT2D eigenvalue weighted by atomic mass is 10.0. The number of nitrogens with zero attached hydrogens (tertiary/aromatic N) is 1. The number of anilines is 4. The molecule has 0 atom stereocenters.